The highest BCUT2D eigenvalue weighted by Gasteiger charge is 2.52. The third kappa shape index (κ3) is 13.3. The van der Waals surface area contributed by atoms with Crippen molar-refractivity contribution in [2.24, 2.45) is 0 Å². The van der Waals surface area contributed by atoms with Gasteiger partial charge in [-0.2, -0.15) is 0 Å². The summed E-state index contributed by atoms with van der Waals surface area (Å²) < 4.78 is 7.53. The zero-order chi connectivity index (χ0) is 92.7. The summed E-state index contributed by atoms with van der Waals surface area (Å²) >= 11 is 5.42. The summed E-state index contributed by atoms with van der Waals surface area (Å²) in [5, 5.41) is 7.63. The van der Waals surface area contributed by atoms with Gasteiger partial charge in [0.25, 0.3) is 0 Å². The van der Waals surface area contributed by atoms with Crippen molar-refractivity contribution in [3.05, 3.63) is 511 Å². The Kier molecular flexibility index (Phi) is 19.5. The maximum atomic E-state index is 5.18. The van der Waals surface area contributed by atoms with E-state index >= 15 is 0 Å². The van der Waals surface area contributed by atoms with E-state index in [0.717, 1.165) is 50.1 Å². The summed E-state index contributed by atoms with van der Waals surface area (Å²) in [7, 11) is 0. The first kappa shape index (κ1) is 82.3. The van der Waals surface area contributed by atoms with Crippen LogP contribution in [-0.4, -0.2) is 44.9 Å². The van der Waals surface area contributed by atoms with Crippen LogP contribution in [0, 0.1) is 0 Å². The van der Waals surface area contributed by atoms with Gasteiger partial charge in [-0.15, -0.1) is 34.0 Å². The second kappa shape index (κ2) is 33.1. The van der Waals surface area contributed by atoms with E-state index in [-0.39, 0.29) is 10.8 Å². The fraction of sp³-hybridized carbons (Fsp3) is 0.0391. The van der Waals surface area contributed by atoms with Crippen LogP contribution in [-0.2, 0) is 16.2 Å². The quantitative estimate of drug-likeness (QED) is 0.125. The molecule has 6 aromatic heterocycles. The van der Waals surface area contributed by atoms with Crippen LogP contribution in [0.15, 0.2) is 455 Å². The Morgan fingerprint density at radius 1 is 0.150 bits per heavy atom. The zero-order valence-corrected chi connectivity index (χ0v) is 78.5. The Hall–Kier alpha value is -17.1. The Balaban J connectivity index is 0.000000106. The molecule has 25 aromatic rings. The van der Waals surface area contributed by atoms with Crippen LogP contribution in [0.2, 0.25) is 0 Å². The first-order valence-corrected chi connectivity index (χ1v) is 49.8. The molecule has 4 aliphatic rings. The molecule has 9 nitrogen and oxygen atoms in total. The first-order valence-electron chi connectivity index (χ1n) is 47.4. The van der Waals surface area contributed by atoms with Crippen molar-refractivity contribution in [3.8, 4) is 147 Å². The lowest BCUT2D eigenvalue weighted by Crippen LogP contribution is -2.28. The van der Waals surface area contributed by atoms with Crippen molar-refractivity contribution in [1.29, 1.82) is 0 Å². The van der Waals surface area contributed by atoms with Crippen molar-refractivity contribution in [1.82, 2.24) is 44.9 Å². The normalized spacial score (nSPS) is 13.2. The molecule has 0 unspecified atom stereocenters. The van der Waals surface area contributed by atoms with E-state index < -0.39 is 5.41 Å². The lowest BCUT2D eigenvalue weighted by atomic mass is 9.67. The number of hydrogen-bond donors (Lipinski definition) is 0. The lowest BCUT2D eigenvalue weighted by molar-refractivity contribution is 0.660. The maximum absolute atomic E-state index is 5.18. The summed E-state index contributed by atoms with van der Waals surface area (Å²) in [5.74, 6) is 6.03. The lowest BCUT2D eigenvalue weighted by Gasteiger charge is -2.33. The van der Waals surface area contributed by atoms with Crippen LogP contribution >= 0.6 is 34.0 Å². The highest BCUT2D eigenvalue weighted by molar-refractivity contribution is 7.26. The molecule has 29 rings (SSSR count). The fourth-order valence-electron chi connectivity index (χ4n) is 22.3. The van der Waals surface area contributed by atoms with Gasteiger partial charge in [0.1, 0.15) is 0 Å². The molecule has 12 heteroatoms. The number of fused-ring (bicyclic) bond motifs is 25. The highest BCUT2D eigenvalue weighted by atomic mass is 32.1. The Morgan fingerprint density at radius 3 is 0.693 bits per heavy atom. The van der Waals surface area contributed by atoms with Crippen LogP contribution in [0.5, 0.6) is 0 Å². The van der Waals surface area contributed by atoms with Gasteiger partial charge in [-0.3, -0.25) is 0 Å². The van der Waals surface area contributed by atoms with Crippen molar-refractivity contribution < 1.29 is 0 Å². The van der Waals surface area contributed by atoms with Crippen LogP contribution in [0.25, 0.3) is 208 Å². The summed E-state index contributed by atoms with van der Waals surface area (Å²) in [4.78, 5) is 45.7. The smallest absolute Gasteiger partial charge is 0.164 e. The third-order valence-corrected chi connectivity index (χ3v) is 32.1. The number of benzene rings is 19. The molecule has 0 fully saturated rings. The Morgan fingerprint density at radius 2 is 0.357 bits per heavy atom. The van der Waals surface area contributed by atoms with Gasteiger partial charge in [0, 0.05) is 116 Å². The van der Waals surface area contributed by atoms with Crippen LogP contribution in [0.3, 0.4) is 0 Å². The van der Waals surface area contributed by atoms with Gasteiger partial charge in [0.2, 0.25) is 0 Å². The number of nitrogens with zero attached hydrogens (tertiary/aromatic N) is 9. The maximum Gasteiger partial charge on any atom is 0.164 e. The van der Waals surface area contributed by atoms with Crippen molar-refractivity contribution >= 4 is 94.5 Å². The van der Waals surface area contributed by atoms with Gasteiger partial charge in [-0.1, -0.05) is 414 Å². The minimum absolute atomic E-state index is 0.0381. The van der Waals surface area contributed by atoms with E-state index in [1.54, 1.807) is 22.7 Å². The van der Waals surface area contributed by atoms with Crippen LogP contribution in [0.1, 0.15) is 69.5 Å². The van der Waals surface area contributed by atoms with Crippen molar-refractivity contribution in [2.75, 3.05) is 0 Å². The largest absolute Gasteiger partial charge is 0.208 e. The van der Waals surface area contributed by atoms with E-state index in [4.69, 9.17) is 44.9 Å². The minimum atomic E-state index is -0.452. The van der Waals surface area contributed by atoms with E-state index in [0.29, 0.717) is 52.4 Å². The standard InChI is InChI=1S/C46H27N3S.C46H29N3S.C36H25N3S/c1-2-12-28(13-3-1)43-47-44(49-45(48-43)30-22-24-35-34-17-7-11-21-41(34)50-42(35)27-30)29-23-25-40-36(26-29)33-16-6-10-20-39(33)46(40)37-18-8-4-14-31(37)32-15-5-9-19-38(32)46;1-4-14-30(15-5-1)43-47-44(49-45(48-43)32-24-26-37-36-21-11-13-23-41(36)50-42(37)29-32)31-25-27-40-38(28-31)35-20-10-12-22-39(35)46(40,33-16-6-2-7-17-33)34-18-8-3-9-19-34;1-36(2)29-14-8-6-12-25(29)28-20-23(17-19-30(28)36)34-37-33(22-10-4-3-5-11-22)38-35(39-34)24-16-18-27-26-13-7-9-15-31(26)40-32(27)21-24/h1-27H;1-29H;3-21H,1-2H3. The average Bonchev–Trinajstić information content (AvgIpc) is 1.51. The predicted octanol–water partition coefficient (Wildman–Crippen LogP) is 32.7. The molecule has 140 heavy (non-hydrogen) atoms. The molecule has 4 aliphatic carbocycles. The van der Waals surface area contributed by atoms with Crippen molar-refractivity contribution in [2.45, 2.75) is 30.1 Å². The zero-order valence-electron chi connectivity index (χ0n) is 76.1. The third-order valence-electron chi connectivity index (χ3n) is 28.7. The molecule has 6 heterocycles. The van der Waals surface area contributed by atoms with Gasteiger partial charge in [-0.05, 0) is 155 Å². The number of aromatic nitrogens is 9. The van der Waals surface area contributed by atoms with E-state index in [1.807, 2.05) is 65.9 Å². The van der Waals surface area contributed by atoms with Gasteiger partial charge in [0.15, 0.2) is 52.4 Å². The molecule has 1 spiro atoms. The predicted molar refractivity (Wildman–Crippen MR) is 578 cm³/mol. The molecule has 19 aromatic carbocycles. The summed E-state index contributed by atoms with van der Waals surface area (Å²) in [6, 6.07) is 162. The monoisotopic (exact) mass is 1840 g/mol. The van der Waals surface area contributed by atoms with Gasteiger partial charge >= 0.3 is 0 Å². The summed E-state index contributed by atoms with van der Waals surface area (Å²) in [5.41, 5.74) is 31.0. The molecule has 656 valence electrons. The van der Waals surface area contributed by atoms with E-state index in [1.165, 1.54) is 161 Å². The average molecular weight is 1840 g/mol. The fourth-order valence-corrected chi connectivity index (χ4v) is 25.8. The molecule has 0 N–H and O–H groups in total. The van der Waals surface area contributed by atoms with Gasteiger partial charge in [-0.25, -0.2) is 44.9 Å². The van der Waals surface area contributed by atoms with Crippen molar-refractivity contribution in [3.63, 3.8) is 0 Å². The molecule has 0 radical (unpaired) electrons. The minimum Gasteiger partial charge on any atom is -0.208 e. The number of hydrogen-bond acceptors (Lipinski definition) is 12. The second-order valence-electron chi connectivity index (χ2n) is 36.8. The van der Waals surface area contributed by atoms with Crippen LogP contribution < -0.4 is 0 Å². The summed E-state index contributed by atoms with van der Waals surface area (Å²) in [6.45, 7) is 4.60. The second-order valence-corrected chi connectivity index (χ2v) is 40.1. The Bertz CT molecular complexity index is 8940. The molecule has 0 bridgehead atoms. The molecule has 0 aliphatic heterocycles. The highest BCUT2D eigenvalue weighted by Crippen LogP contribution is 2.64. The van der Waals surface area contributed by atoms with E-state index in [2.05, 4.69) is 414 Å². The molecular formula is C128H81N9S3. The molecule has 0 saturated heterocycles. The topological polar surface area (TPSA) is 116 Å². The molecule has 0 atom stereocenters. The van der Waals surface area contributed by atoms with Crippen LogP contribution in [0.4, 0.5) is 0 Å². The first-order chi connectivity index (χ1) is 69.1. The number of thiophene rings is 3. The SMILES string of the molecule is CC1(C)c2ccccc2-c2cc(-c3nc(-c4ccccc4)nc(-c4ccc5c(c4)sc4ccccc45)n3)ccc21.c1ccc(-c2nc(-c3ccc4c(c3)-c3ccccc3C4(c3ccccc3)c3ccccc3)nc(-c3ccc4c(c3)sc3ccccc34)n2)cc1.c1ccc(-c2nc(-c3ccc4c(c3)-c3ccccc3C43c4ccccc4-c4ccccc43)nc(-c3ccc4c(c3)sc3ccccc34)n2)cc1. The molecule has 0 amide bonds. The summed E-state index contributed by atoms with van der Waals surface area (Å²) in [6.07, 6.45) is 0. The molecular weight excluding hydrogens is 1760 g/mol. The van der Waals surface area contributed by atoms with Gasteiger partial charge < -0.3 is 0 Å². The van der Waals surface area contributed by atoms with E-state index in [9.17, 15) is 0 Å². The molecule has 0 saturated carbocycles. The Labute approximate surface area is 820 Å². The van der Waals surface area contributed by atoms with Gasteiger partial charge in [0.05, 0.1) is 10.8 Å². The number of rotatable bonds is 11.